The van der Waals surface area contributed by atoms with Crippen LogP contribution in [0.5, 0.6) is 0 Å². The summed E-state index contributed by atoms with van der Waals surface area (Å²) in [4.78, 5) is 14.3. The maximum Gasteiger partial charge on any atom is 0.139 e. The molecule has 4 nitrogen and oxygen atoms in total. The maximum atomic E-state index is 4.77. The van der Waals surface area contributed by atoms with Gasteiger partial charge in [0.2, 0.25) is 0 Å². The van der Waals surface area contributed by atoms with Crippen LogP contribution < -0.4 is 9.80 Å². The molecule has 0 saturated carbocycles. The Morgan fingerprint density at radius 1 is 1.08 bits per heavy atom. The van der Waals surface area contributed by atoms with Crippen LogP contribution in [0.4, 0.5) is 17.3 Å². The fraction of sp³-hybridized carbons (Fsp3) is 0.500. The summed E-state index contributed by atoms with van der Waals surface area (Å²) >= 11 is 0. The molecular formula is C20H26N4. The van der Waals surface area contributed by atoms with Crippen molar-refractivity contribution < 1.29 is 0 Å². The van der Waals surface area contributed by atoms with Crippen molar-refractivity contribution in [3.8, 4) is 0 Å². The van der Waals surface area contributed by atoms with E-state index in [1.165, 1.54) is 24.1 Å². The molecule has 24 heavy (non-hydrogen) atoms. The SMILES string of the molecule is Cc1nc(N2CCCC(C)C2)cc(N2c3ccccc3CC2C)n1. The van der Waals surface area contributed by atoms with Crippen LogP contribution in [-0.4, -0.2) is 29.1 Å². The van der Waals surface area contributed by atoms with Gasteiger partial charge in [-0.25, -0.2) is 9.97 Å². The molecular weight excluding hydrogens is 296 g/mol. The number of rotatable bonds is 2. The highest BCUT2D eigenvalue weighted by Crippen LogP contribution is 2.38. The van der Waals surface area contributed by atoms with Gasteiger partial charge in [0.05, 0.1) is 0 Å². The van der Waals surface area contributed by atoms with Gasteiger partial charge in [-0.1, -0.05) is 25.1 Å². The summed E-state index contributed by atoms with van der Waals surface area (Å²) in [6.45, 7) is 8.82. The third kappa shape index (κ3) is 2.74. The molecule has 0 spiro atoms. The van der Waals surface area contributed by atoms with Gasteiger partial charge >= 0.3 is 0 Å². The Hall–Kier alpha value is -2.10. The monoisotopic (exact) mass is 322 g/mol. The first-order valence-corrected chi connectivity index (χ1v) is 9.09. The van der Waals surface area contributed by atoms with Crippen LogP contribution in [-0.2, 0) is 6.42 Å². The molecule has 4 heteroatoms. The van der Waals surface area contributed by atoms with Crippen molar-refractivity contribution in [3.05, 3.63) is 41.7 Å². The molecule has 2 aromatic rings. The van der Waals surface area contributed by atoms with Crippen molar-refractivity contribution in [1.29, 1.82) is 0 Å². The van der Waals surface area contributed by atoms with Crippen molar-refractivity contribution in [2.45, 2.75) is 46.1 Å². The van der Waals surface area contributed by atoms with Gasteiger partial charge in [0.1, 0.15) is 17.5 Å². The van der Waals surface area contributed by atoms with Crippen molar-refractivity contribution in [1.82, 2.24) is 9.97 Å². The van der Waals surface area contributed by atoms with E-state index in [-0.39, 0.29) is 0 Å². The molecule has 0 bridgehead atoms. The van der Waals surface area contributed by atoms with Crippen LogP contribution in [0.2, 0.25) is 0 Å². The first-order chi connectivity index (χ1) is 11.6. The largest absolute Gasteiger partial charge is 0.356 e. The highest BCUT2D eigenvalue weighted by Gasteiger charge is 2.29. The second kappa shape index (κ2) is 6.08. The lowest BCUT2D eigenvalue weighted by Crippen LogP contribution is -2.35. The zero-order valence-corrected chi connectivity index (χ0v) is 14.9. The Bertz CT molecular complexity index is 742. The van der Waals surface area contributed by atoms with E-state index in [9.17, 15) is 0 Å². The van der Waals surface area contributed by atoms with Crippen LogP contribution in [0.25, 0.3) is 0 Å². The van der Waals surface area contributed by atoms with E-state index >= 15 is 0 Å². The quantitative estimate of drug-likeness (QED) is 0.833. The van der Waals surface area contributed by atoms with Crippen molar-refractivity contribution in [2.24, 2.45) is 5.92 Å². The highest BCUT2D eigenvalue weighted by atomic mass is 15.3. The predicted molar refractivity (Wildman–Crippen MR) is 99.1 cm³/mol. The van der Waals surface area contributed by atoms with E-state index < -0.39 is 0 Å². The van der Waals surface area contributed by atoms with Crippen LogP contribution in [0.3, 0.4) is 0 Å². The van der Waals surface area contributed by atoms with Gasteiger partial charge in [-0.15, -0.1) is 0 Å². The Morgan fingerprint density at radius 2 is 1.88 bits per heavy atom. The fourth-order valence-corrected chi connectivity index (χ4v) is 4.13. The first-order valence-electron chi connectivity index (χ1n) is 9.09. The molecule has 1 saturated heterocycles. The number of anilines is 3. The van der Waals surface area contributed by atoms with Gasteiger partial charge in [-0.05, 0) is 50.7 Å². The molecule has 4 rings (SSSR count). The van der Waals surface area contributed by atoms with E-state index in [1.807, 2.05) is 6.92 Å². The molecule has 2 aliphatic rings. The van der Waals surface area contributed by atoms with E-state index in [0.29, 0.717) is 6.04 Å². The van der Waals surface area contributed by atoms with Gasteiger partial charge < -0.3 is 9.80 Å². The van der Waals surface area contributed by atoms with Crippen LogP contribution >= 0.6 is 0 Å². The number of hydrogen-bond donors (Lipinski definition) is 0. The molecule has 0 radical (unpaired) electrons. The normalized spacial score (nSPS) is 23.5. The molecule has 1 fully saturated rings. The molecule has 2 atom stereocenters. The predicted octanol–water partition coefficient (Wildman–Crippen LogP) is 4.10. The number of piperidine rings is 1. The van der Waals surface area contributed by atoms with E-state index in [4.69, 9.17) is 9.97 Å². The van der Waals surface area contributed by atoms with Crippen molar-refractivity contribution in [2.75, 3.05) is 22.9 Å². The van der Waals surface area contributed by atoms with Crippen LogP contribution in [0.1, 0.15) is 38.1 Å². The van der Waals surface area contributed by atoms with E-state index in [0.717, 1.165) is 42.9 Å². The van der Waals surface area contributed by atoms with Gasteiger partial charge in [-0.3, -0.25) is 0 Å². The summed E-state index contributed by atoms with van der Waals surface area (Å²) in [5, 5.41) is 0. The van der Waals surface area contributed by atoms with Crippen molar-refractivity contribution in [3.63, 3.8) is 0 Å². The molecule has 3 heterocycles. The number of nitrogens with zero attached hydrogens (tertiary/aromatic N) is 4. The number of benzene rings is 1. The summed E-state index contributed by atoms with van der Waals surface area (Å²) in [5.41, 5.74) is 2.70. The molecule has 0 N–H and O–H groups in total. The van der Waals surface area contributed by atoms with E-state index in [2.05, 4.69) is 54.0 Å². The molecule has 0 aliphatic carbocycles. The van der Waals surface area contributed by atoms with Gasteiger partial charge in [0.25, 0.3) is 0 Å². The number of aromatic nitrogens is 2. The molecule has 1 aromatic carbocycles. The zero-order chi connectivity index (χ0) is 16.7. The lowest BCUT2D eigenvalue weighted by Gasteiger charge is -2.33. The van der Waals surface area contributed by atoms with Crippen LogP contribution in [0.15, 0.2) is 30.3 Å². The van der Waals surface area contributed by atoms with Gasteiger partial charge in [-0.2, -0.15) is 0 Å². The lowest BCUT2D eigenvalue weighted by atomic mass is 10.0. The van der Waals surface area contributed by atoms with Gasteiger partial charge in [0.15, 0.2) is 0 Å². The number of fused-ring (bicyclic) bond motifs is 1. The minimum atomic E-state index is 0.435. The number of para-hydroxylation sites is 1. The first kappa shape index (κ1) is 15.4. The lowest BCUT2D eigenvalue weighted by molar-refractivity contribution is 0.444. The summed E-state index contributed by atoms with van der Waals surface area (Å²) in [6.07, 6.45) is 3.65. The Morgan fingerprint density at radius 3 is 2.71 bits per heavy atom. The topological polar surface area (TPSA) is 32.3 Å². The standard InChI is InChI=1S/C20H26N4/c1-14-7-6-10-23(13-14)19-12-20(22-16(3)21-19)24-15(2)11-17-8-4-5-9-18(17)24/h4-5,8-9,12,14-15H,6-7,10-11,13H2,1-3H3. The van der Waals surface area contributed by atoms with E-state index in [1.54, 1.807) is 0 Å². The molecule has 2 unspecified atom stereocenters. The molecule has 1 aromatic heterocycles. The molecule has 0 amide bonds. The smallest absolute Gasteiger partial charge is 0.139 e. The highest BCUT2D eigenvalue weighted by molar-refractivity contribution is 5.70. The minimum Gasteiger partial charge on any atom is -0.356 e. The molecule has 2 aliphatic heterocycles. The third-order valence-corrected chi connectivity index (χ3v) is 5.25. The Kier molecular flexibility index (Phi) is 3.91. The maximum absolute atomic E-state index is 4.77. The number of hydrogen-bond acceptors (Lipinski definition) is 4. The van der Waals surface area contributed by atoms with Crippen LogP contribution in [0, 0.1) is 12.8 Å². The Balaban J connectivity index is 1.71. The summed E-state index contributed by atoms with van der Waals surface area (Å²) in [6, 6.07) is 11.3. The summed E-state index contributed by atoms with van der Waals surface area (Å²) < 4.78 is 0. The molecule has 126 valence electrons. The summed E-state index contributed by atoms with van der Waals surface area (Å²) in [7, 11) is 0. The fourth-order valence-electron chi connectivity index (χ4n) is 4.13. The second-order valence-corrected chi connectivity index (χ2v) is 7.38. The Labute approximate surface area is 144 Å². The zero-order valence-electron chi connectivity index (χ0n) is 14.9. The third-order valence-electron chi connectivity index (χ3n) is 5.25. The average Bonchev–Trinajstić information content (AvgIpc) is 2.90. The summed E-state index contributed by atoms with van der Waals surface area (Å²) in [5.74, 6) is 3.72. The van der Waals surface area contributed by atoms with Crippen molar-refractivity contribution >= 4 is 17.3 Å². The van der Waals surface area contributed by atoms with Gasteiger partial charge in [0, 0.05) is 30.9 Å². The average molecular weight is 322 g/mol. The number of aryl methyl sites for hydroxylation is 1. The second-order valence-electron chi connectivity index (χ2n) is 7.38. The minimum absolute atomic E-state index is 0.435.